The average molecular weight is 239 g/mol. The van der Waals surface area contributed by atoms with Gasteiger partial charge < -0.3 is 19.7 Å². The first-order valence-corrected chi connectivity index (χ1v) is 5.78. The number of hydrogen-bond donors (Lipinski definition) is 2. The van der Waals surface area contributed by atoms with Gasteiger partial charge in [0.1, 0.15) is 5.54 Å². The van der Waals surface area contributed by atoms with Gasteiger partial charge in [0, 0.05) is 45.0 Å². The van der Waals surface area contributed by atoms with Crippen molar-refractivity contribution in [3.05, 3.63) is 12.4 Å². The van der Waals surface area contributed by atoms with Crippen molar-refractivity contribution in [2.24, 2.45) is 0 Å². The second-order valence-corrected chi connectivity index (χ2v) is 4.16. The molecule has 0 atom stereocenters. The van der Waals surface area contributed by atoms with E-state index >= 15 is 0 Å². The third kappa shape index (κ3) is 2.26. The monoisotopic (exact) mass is 239 g/mol. The Balaban J connectivity index is 2.20. The van der Waals surface area contributed by atoms with E-state index in [9.17, 15) is 9.90 Å². The van der Waals surface area contributed by atoms with Crippen molar-refractivity contribution in [2.75, 3.05) is 18.5 Å². The van der Waals surface area contributed by atoms with Crippen LogP contribution in [-0.4, -0.2) is 39.4 Å². The van der Waals surface area contributed by atoms with Gasteiger partial charge in [-0.1, -0.05) is 0 Å². The number of carboxylic acid groups (broad SMARTS) is 1. The van der Waals surface area contributed by atoms with Gasteiger partial charge in [0.2, 0.25) is 5.95 Å². The van der Waals surface area contributed by atoms with E-state index in [1.54, 1.807) is 6.20 Å². The van der Waals surface area contributed by atoms with E-state index in [-0.39, 0.29) is 0 Å². The molecule has 0 saturated carbocycles. The van der Waals surface area contributed by atoms with Crippen molar-refractivity contribution in [3.63, 3.8) is 0 Å². The molecule has 6 nitrogen and oxygen atoms in total. The number of carboxylic acids is 1. The minimum absolute atomic E-state index is 0.457. The lowest BCUT2D eigenvalue weighted by Crippen LogP contribution is -2.51. The van der Waals surface area contributed by atoms with Crippen molar-refractivity contribution < 1.29 is 14.6 Å². The van der Waals surface area contributed by atoms with E-state index in [2.05, 4.69) is 10.3 Å². The molecular formula is C11H17N3O3. The summed E-state index contributed by atoms with van der Waals surface area (Å²) in [6.45, 7) is 3.68. The Labute approximate surface area is 99.6 Å². The summed E-state index contributed by atoms with van der Waals surface area (Å²) in [7, 11) is 0. The molecule has 17 heavy (non-hydrogen) atoms. The van der Waals surface area contributed by atoms with Gasteiger partial charge in [-0.15, -0.1) is 0 Å². The van der Waals surface area contributed by atoms with E-state index in [1.165, 1.54) is 0 Å². The van der Waals surface area contributed by atoms with E-state index in [4.69, 9.17) is 4.74 Å². The number of aliphatic carboxylic acids is 1. The standard InChI is InChI=1S/C11H17N3O3/c1-2-14-6-5-12-10(14)13-11(9(15)16)3-7-17-8-4-11/h5-6H,2-4,7-8H2,1H3,(H,12,13)(H,15,16). The van der Waals surface area contributed by atoms with E-state index in [0.29, 0.717) is 32.0 Å². The Bertz CT molecular complexity index is 396. The summed E-state index contributed by atoms with van der Waals surface area (Å²) < 4.78 is 7.11. The highest BCUT2D eigenvalue weighted by Crippen LogP contribution is 2.25. The molecule has 0 amide bonds. The fourth-order valence-electron chi connectivity index (χ4n) is 2.01. The molecule has 2 N–H and O–H groups in total. The van der Waals surface area contributed by atoms with Crippen LogP contribution in [0.4, 0.5) is 5.95 Å². The molecule has 0 unspecified atom stereocenters. The molecule has 1 aliphatic rings. The van der Waals surface area contributed by atoms with Gasteiger partial charge in [0.25, 0.3) is 0 Å². The number of rotatable bonds is 4. The number of nitrogens with one attached hydrogen (secondary N) is 1. The Morgan fingerprint density at radius 2 is 2.35 bits per heavy atom. The third-order valence-corrected chi connectivity index (χ3v) is 3.16. The van der Waals surface area contributed by atoms with E-state index in [1.807, 2.05) is 17.7 Å². The molecule has 0 aromatic carbocycles. The summed E-state index contributed by atoms with van der Waals surface area (Å²) in [5.41, 5.74) is -0.948. The molecule has 1 aromatic heterocycles. The van der Waals surface area contributed by atoms with E-state index < -0.39 is 11.5 Å². The summed E-state index contributed by atoms with van der Waals surface area (Å²) in [5, 5.41) is 12.5. The Kier molecular flexibility index (Phi) is 3.33. The first-order valence-electron chi connectivity index (χ1n) is 5.78. The van der Waals surface area contributed by atoms with Crippen molar-refractivity contribution >= 4 is 11.9 Å². The lowest BCUT2D eigenvalue weighted by atomic mass is 9.90. The second-order valence-electron chi connectivity index (χ2n) is 4.16. The van der Waals surface area contributed by atoms with Crippen LogP contribution in [0.5, 0.6) is 0 Å². The lowest BCUT2D eigenvalue weighted by molar-refractivity contribution is -0.145. The molecule has 0 bridgehead atoms. The smallest absolute Gasteiger partial charge is 0.329 e. The predicted molar refractivity (Wildman–Crippen MR) is 61.9 cm³/mol. The Hall–Kier alpha value is -1.56. The van der Waals surface area contributed by atoms with Crippen LogP contribution in [0.3, 0.4) is 0 Å². The van der Waals surface area contributed by atoms with Gasteiger partial charge in [-0.3, -0.25) is 0 Å². The molecule has 94 valence electrons. The van der Waals surface area contributed by atoms with Gasteiger partial charge in [-0.05, 0) is 6.92 Å². The van der Waals surface area contributed by atoms with Gasteiger partial charge in [-0.2, -0.15) is 0 Å². The molecule has 2 rings (SSSR count). The number of hydrogen-bond acceptors (Lipinski definition) is 4. The fourth-order valence-corrected chi connectivity index (χ4v) is 2.01. The molecule has 1 aromatic rings. The van der Waals surface area contributed by atoms with Crippen LogP contribution in [0.2, 0.25) is 0 Å². The minimum atomic E-state index is -0.948. The van der Waals surface area contributed by atoms with Crippen LogP contribution in [0, 0.1) is 0 Å². The molecule has 0 spiro atoms. The maximum Gasteiger partial charge on any atom is 0.329 e. The summed E-state index contributed by atoms with van der Waals surface area (Å²) >= 11 is 0. The molecule has 1 saturated heterocycles. The third-order valence-electron chi connectivity index (χ3n) is 3.16. The molecule has 2 heterocycles. The van der Waals surface area contributed by atoms with Crippen LogP contribution in [0.1, 0.15) is 19.8 Å². The first-order chi connectivity index (χ1) is 8.18. The van der Waals surface area contributed by atoms with Crippen LogP contribution in [0.15, 0.2) is 12.4 Å². The fraction of sp³-hybridized carbons (Fsp3) is 0.636. The average Bonchev–Trinajstić information content (AvgIpc) is 2.77. The molecule has 6 heteroatoms. The Morgan fingerprint density at radius 3 is 2.94 bits per heavy atom. The highest BCUT2D eigenvalue weighted by molar-refractivity contribution is 5.82. The quantitative estimate of drug-likeness (QED) is 0.818. The van der Waals surface area contributed by atoms with Gasteiger partial charge >= 0.3 is 5.97 Å². The number of carbonyl (C=O) groups is 1. The number of aryl methyl sites for hydroxylation is 1. The highest BCUT2D eigenvalue weighted by Gasteiger charge is 2.41. The zero-order chi connectivity index (χ0) is 12.3. The number of ether oxygens (including phenoxy) is 1. The summed E-state index contributed by atoms with van der Waals surface area (Å²) in [5.74, 6) is -0.233. The minimum Gasteiger partial charge on any atom is -0.480 e. The summed E-state index contributed by atoms with van der Waals surface area (Å²) in [4.78, 5) is 15.6. The van der Waals surface area contributed by atoms with Crippen molar-refractivity contribution in [1.82, 2.24) is 9.55 Å². The SMILES string of the molecule is CCn1ccnc1NC1(C(=O)O)CCOCC1. The topological polar surface area (TPSA) is 76.4 Å². The Morgan fingerprint density at radius 1 is 1.65 bits per heavy atom. The zero-order valence-corrected chi connectivity index (χ0v) is 9.85. The van der Waals surface area contributed by atoms with Crippen molar-refractivity contribution in [1.29, 1.82) is 0 Å². The largest absolute Gasteiger partial charge is 0.480 e. The first kappa shape index (κ1) is 11.9. The maximum atomic E-state index is 11.4. The molecule has 0 radical (unpaired) electrons. The number of aromatic nitrogens is 2. The summed E-state index contributed by atoms with van der Waals surface area (Å²) in [6.07, 6.45) is 4.41. The predicted octanol–water partition coefficient (Wildman–Crippen LogP) is 0.949. The van der Waals surface area contributed by atoms with Crippen molar-refractivity contribution in [2.45, 2.75) is 31.8 Å². The van der Waals surface area contributed by atoms with Gasteiger partial charge in [0.15, 0.2) is 0 Å². The number of anilines is 1. The number of nitrogens with zero attached hydrogens (tertiary/aromatic N) is 2. The highest BCUT2D eigenvalue weighted by atomic mass is 16.5. The van der Waals surface area contributed by atoms with Crippen LogP contribution >= 0.6 is 0 Å². The van der Waals surface area contributed by atoms with Crippen molar-refractivity contribution in [3.8, 4) is 0 Å². The number of imidazole rings is 1. The van der Waals surface area contributed by atoms with Crippen LogP contribution in [0.25, 0.3) is 0 Å². The molecular weight excluding hydrogens is 222 g/mol. The molecule has 1 fully saturated rings. The lowest BCUT2D eigenvalue weighted by Gasteiger charge is -2.34. The van der Waals surface area contributed by atoms with Gasteiger partial charge in [-0.25, -0.2) is 9.78 Å². The molecule has 1 aliphatic heterocycles. The normalized spacial score (nSPS) is 18.9. The maximum absolute atomic E-state index is 11.4. The zero-order valence-electron chi connectivity index (χ0n) is 9.85. The molecule has 0 aliphatic carbocycles. The van der Waals surface area contributed by atoms with Gasteiger partial charge in [0.05, 0.1) is 0 Å². The van der Waals surface area contributed by atoms with Crippen LogP contribution < -0.4 is 5.32 Å². The van der Waals surface area contributed by atoms with Crippen LogP contribution in [-0.2, 0) is 16.1 Å². The second kappa shape index (κ2) is 4.75. The summed E-state index contributed by atoms with van der Waals surface area (Å²) in [6, 6.07) is 0. The van der Waals surface area contributed by atoms with E-state index in [0.717, 1.165) is 6.54 Å².